The van der Waals surface area contributed by atoms with Gasteiger partial charge in [-0.2, -0.15) is 0 Å². The van der Waals surface area contributed by atoms with Crippen LogP contribution in [0.3, 0.4) is 0 Å². The Morgan fingerprint density at radius 2 is 1.50 bits per heavy atom. The molecule has 0 spiro atoms. The number of likely N-dealkylation sites (N-methyl/N-ethyl adjacent to an activating group) is 1. The van der Waals surface area contributed by atoms with E-state index in [0.29, 0.717) is 6.04 Å². The summed E-state index contributed by atoms with van der Waals surface area (Å²) in [6, 6.07) is 11.4. The van der Waals surface area contributed by atoms with Crippen LogP contribution in [-0.4, -0.2) is 31.1 Å². The standard InChI is InChI=1S/C20H36N2/c1-4-7-8-9-10-14-17-21-18-20(22(5-2)6-3)19-15-12-11-13-16-19/h11-13,15-16,20-21H,4-10,14,17-18H2,1-3H3. The van der Waals surface area contributed by atoms with Crippen molar-refractivity contribution in [2.75, 3.05) is 26.2 Å². The molecule has 0 heterocycles. The second-order valence-corrected chi connectivity index (χ2v) is 6.12. The molecule has 0 saturated heterocycles. The van der Waals surface area contributed by atoms with Crippen molar-refractivity contribution in [1.29, 1.82) is 0 Å². The smallest absolute Gasteiger partial charge is 0.0472 e. The van der Waals surface area contributed by atoms with E-state index >= 15 is 0 Å². The van der Waals surface area contributed by atoms with Gasteiger partial charge in [0, 0.05) is 12.6 Å². The molecule has 1 unspecified atom stereocenters. The number of hydrogen-bond acceptors (Lipinski definition) is 2. The molecule has 2 nitrogen and oxygen atoms in total. The van der Waals surface area contributed by atoms with Crippen LogP contribution in [0.15, 0.2) is 30.3 Å². The van der Waals surface area contributed by atoms with Crippen molar-refractivity contribution in [2.24, 2.45) is 0 Å². The number of rotatable bonds is 13. The number of benzene rings is 1. The fourth-order valence-electron chi connectivity index (χ4n) is 3.07. The Hall–Kier alpha value is -0.860. The van der Waals surface area contributed by atoms with Crippen molar-refractivity contribution < 1.29 is 0 Å². The molecule has 0 radical (unpaired) electrons. The summed E-state index contributed by atoms with van der Waals surface area (Å²) in [4.78, 5) is 2.55. The molecule has 1 N–H and O–H groups in total. The largest absolute Gasteiger partial charge is 0.315 e. The third kappa shape index (κ3) is 7.42. The SMILES string of the molecule is CCCCCCCCNCC(c1ccccc1)N(CC)CC. The fourth-order valence-corrected chi connectivity index (χ4v) is 3.07. The summed E-state index contributed by atoms with van der Waals surface area (Å²) in [6.45, 7) is 11.2. The predicted molar refractivity (Wildman–Crippen MR) is 98.3 cm³/mol. The van der Waals surface area contributed by atoms with Crippen LogP contribution in [-0.2, 0) is 0 Å². The van der Waals surface area contributed by atoms with Crippen LogP contribution in [0.2, 0.25) is 0 Å². The van der Waals surface area contributed by atoms with Gasteiger partial charge in [-0.3, -0.25) is 4.90 Å². The molecule has 0 amide bonds. The maximum absolute atomic E-state index is 3.68. The summed E-state index contributed by atoms with van der Waals surface area (Å²) in [5.41, 5.74) is 1.43. The van der Waals surface area contributed by atoms with E-state index in [0.717, 1.165) is 26.2 Å². The summed E-state index contributed by atoms with van der Waals surface area (Å²) in [5.74, 6) is 0. The lowest BCUT2D eigenvalue weighted by Crippen LogP contribution is -2.36. The zero-order valence-corrected chi connectivity index (χ0v) is 15.0. The van der Waals surface area contributed by atoms with E-state index in [-0.39, 0.29) is 0 Å². The molecule has 2 heteroatoms. The first-order chi connectivity index (χ1) is 10.8. The van der Waals surface area contributed by atoms with E-state index in [1.165, 1.54) is 44.1 Å². The van der Waals surface area contributed by atoms with Crippen LogP contribution in [0.4, 0.5) is 0 Å². The summed E-state index contributed by atoms with van der Waals surface area (Å²) in [5, 5.41) is 3.68. The molecule has 0 aliphatic heterocycles. The molecule has 0 aliphatic rings. The van der Waals surface area contributed by atoms with Gasteiger partial charge in [-0.25, -0.2) is 0 Å². The molecule has 0 aromatic heterocycles. The van der Waals surface area contributed by atoms with Gasteiger partial charge in [0.1, 0.15) is 0 Å². The maximum Gasteiger partial charge on any atom is 0.0472 e. The zero-order valence-electron chi connectivity index (χ0n) is 15.0. The average Bonchev–Trinajstić information content (AvgIpc) is 2.57. The van der Waals surface area contributed by atoms with Crippen molar-refractivity contribution in [1.82, 2.24) is 10.2 Å². The van der Waals surface area contributed by atoms with Crippen LogP contribution in [0.25, 0.3) is 0 Å². The lowest BCUT2D eigenvalue weighted by Gasteiger charge is -2.30. The molecule has 0 fully saturated rings. The Labute approximate surface area is 138 Å². The zero-order chi connectivity index (χ0) is 16.0. The molecular weight excluding hydrogens is 268 g/mol. The van der Waals surface area contributed by atoms with Crippen LogP contribution >= 0.6 is 0 Å². The molecule has 1 rings (SSSR count). The van der Waals surface area contributed by atoms with Gasteiger partial charge < -0.3 is 5.32 Å². The fraction of sp³-hybridized carbons (Fsp3) is 0.700. The van der Waals surface area contributed by atoms with Crippen LogP contribution in [0.5, 0.6) is 0 Å². The highest BCUT2D eigenvalue weighted by Crippen LogP contribution is 2.19. The molecule has 1 atom stereocenters. The van der Waals surface area contributed by atoms with Gasteiger partial charge in [-0.05, 0) is 31.6 Å². The highest BCUT2D eigenvalue weighted by molar-refractivity contribution is 5.19. The average molecular weight is 305 g/mol. The van der Waals surface area contributed by atoms with Gasteiger partial charge in [-0.15, -0.1) is 0 Å². The number of unbranched alkanes of at least 4 members (excludes halogenated alkanes) is 5. The van der Waals surface area contributed by atoms with Gasteiger partial charge in [-0.1, -0.05) is 83.2 Å². The van der Waals surface area contributed by atoms with Gasteiger partial charge in [0.2, 0.25) is 0 Å². The Balaban J connectivity index is 2.33. The highest BCUT2D eigenvalue weighted by Gasteiger charge is 2.16. The minimum absolute atomic E-state index is 0.497. The van der Waals surface area contributed by atoms with Gasteiger partial charge in [0.15, 0.2) is 0 Å². The van der Waals surface area contributed by atoms with E-state index < -0.39 is 0 Å². The highest BCUT2D eigenvalue weighted by atomic mass is 15.2. The molecule has 22 heavy (non-hydrogen) atoms. The quantitative estimate of drug-likeness (QED) is 0.515. The van der Waals surface area contributed by atoms with Crippen molar-refractivity contribution in [3.05, 3.63) is 35.9 Å². The Kier molecular flexibility index (Phi) is 11.0. The van der Waals surface area contributed by atoms with E-state index in [2.05, 4.69) is 61.3 Å². The van der Waals surface area contributed by atoms with Crippen molar-refractivity contribution in [3.63, 3.8) is 0 Å². The summed E-state index contributed by atoms with van der Waals surface area (Å²) in [6.07, 6.45) is 8.21. The Morgan fingerprint density at radius 3 is 2.14 bits per heavy atom. The minimum atomic E-state index is 0.497. The molecule has 1 aromatic rings. The minimum Gasteiger partial charge on any atom is -0.315 e. The maximum atomic E-state index is 3.68. The molecule has 0 bridgehead atoms. The van der Waals surface area contributed by atoms with Crippen LogP contribution in [0.1, 0.15) is 70.9 Å². The molecule has 126 valence electrons. The van der Waals surface area contributed by atoms with E-state index in [1.807, 2.05) is 0 Å². The first-order valence-electron chi connectivity index (χ1n) is 9.33. The van der Waals surface area contributed by atoms with Gasteiger partial charge in [0.25, 0.3) is 0 Å². The normalized spacial score (nSPS) is 12.7. The monoisotopic (exact) mass is 304 g/mol. The van der Waals surface area contributed by atoms with Crippen LogP contribution < -0.4 is 5.32 Å². The molecular formula is C20H36N2. The van der Waals surface area contributed by atoms with Crippen LogP contribution in [0, 0.1) is 0 Å². The van der Waals surface area contributed by atoms with E-state index in [1.54, 1.807) is 0 Å². The number of nitrogens with one attached hydrogen (secondary N) is 1. The third-order valence-electron chi connectivity index (χ3n) is 4.48. The number of hydrogen-bond donors (Lipinski definition) is 1. The third-order valence-corrected chi connectivity index (χ3v) is 4.48. The molecule has 0 aliphatic carbocycles. The first kappa shape index (κ1) is 19.2. The first-order valence-corrected chi connectivity index (χ1v) is 9.33. The molecule has 0 saturated carbocycles. The Morgan fingerprint density at radius 1 is 0.864 bits per heavy atom. The lowest BCUT2D eigenvalue weighted by atomic mass is 10.0. The molecule has 1 aromatic carbocycles. The summed E-state index contributed by atoms with van der Waals surface area (Å²) < 4.78 is 0. The van der Waals surface area contributed by atoms with Gasteiger partial charge >= 0.3 is 0 Å². The lowest BCUT2D eigenvalue weighted by molar-refractivity contribution is 0.213. The van der Waals surface area contributed by atoms with E-state index in [9.17, 15) is 0 Å². The summed E-state index contributed by atoms with van der Waals surface area (Å²) >= 11 is 0. The number of nitrogens with zero attached hydrogens (tertiary/aromatic N) is 1. The predicted octanol–water partition coefficient (Wildman–Crippen LogP) is 5.02. The second kappa shape index (κ2) is 12.7. The topological polar surface area (TPSA) is 15.3 Å². The van der Waals surface area contributed by atoms with Crippen molar-refractivity contribution in [2.45, 2.75) is 65.3 Å². The Bertz CT molecular complexity index is 346. The van der Waals surface area contributed by atoms with Gasteiger partial charge in [0.05, 0.1) is 0 Å². The van der Waals surface area contributed by atoms with E-state index in [4.69, 9.17) is 0 Å². The van der Waals surface area contributed by atoms with Crippen molar-refractivity contribution >= 4 is 0 Å². The second-order valence-electron chi connectivity index (χ2n) is 6.12. The van der Waals surface area contributed by atoms with Crippen molar-refractivity contribution in [3.8, 4) is 0 Å². The summed E-state index contributed by atoms with van der Waals surface area (Å²) in [7, 11) is 0.